The van der Waals surface area contributed by atoms with Crippen LogP contribution in [0.5, 0.6) is 11.5 Å². The molecule has 0 aliphatic carbocycles. The van der Waals surface area contributed by atoms with Gasteiger partial charge in [0.2, 0.25) is 5.75 Å². The number of nitro benzene ring substituents is 1. The largest absolute Gasteiger partial charge is 0.478 e. The number of pyridine rings is 1. The third-order valence-corrected chi connectivity index (χ3v) is 6.30. The molecule has 1 aliphatic rings. The van der Waals surface area contributed by atoms with Crippen molar-refractivity contribution in [3.8, 4) is 11.5 Å². The fourth-order valence-corrected chi connectivity index (χ4v) is 4.53. The Morgan fingerprint density at radius 3 is 2.62 bits per heavy atom. The Labute approximate surface area is 211 Å². The van der Waals surface area contributed by atoms with Crippen molar-refractivity contribution in [1.82, 2.24) is 9.88 Å². The maximum Gasteiger partial charge on any atom is 0.336 e. The van der Waals surface area contributed by atoms with E-state index in [4.69, 9.17) is 9.72 Å². The highest BCUT2D eigenvalue weighted by Crippen LogP contribution is 2.36. The van der Waals surface area contributed by atoms with E-state index in [1.807, 2.05) is 6.92 Å². The molecule has 1 N–H and O–H groups in total. The van der Waals surface area contributed by atoms with Gasteiger partial charge in [-0.2, -0.15) is 0 Å². The van der Waals surface area contributed by atoms with Gasteiger partial charge in [-0.05, 0) is 60.2 Å². The molecule has 8 nitrogen and oxygen atoms in total. The third-order valence-electron chi connectivity index (χ3n) is 6.30. The Morgan fingerprint density at radius 2 is 1.92 bits per heavy atom. The van der Waals surface area contributed by atoms with Crippen molar-refractivity contribution < 1.29 is 24.0 Å². The minimum atomic E-state index is -1.02. The lowest BCUT2D eigenvalue weighted by atomic mass is 9.92. The summed E-state index contributed by atoms with van der Waals surface area (Å²) in [5.74, 6) is -1.17. The van der Waals surface area contributed by atoms with Crippen LogP contribution < -0.4 is 4.74 Å². The standard InChI is InChI=1S/C28H22FN3O5/c1-2-31-15-18(27-22(16-31)26(28(33)34)21-5-3-4-6-23(21)30-27)13-17-7-12-25(24(14-17)32(35)36)37-20-10-8-19(29)9-11-20/h3-14H,2,15-16H2,1H3,(H,33,34)/b18-13-. The second kappa shape index (κ2) is 9.79. The number of hydrogen-bond donors (Lipinski definition) is 1. The number of carboxylic acid groups (broad SMARTS) is 1. The van der Waals surface area contributed by atoms with Crippen molar-refractivity contribution >= 4 is 34.2 Å². The SMILES string of the molecule is CCN1C/C(=C/c2ccc(Oc3ccc(F)cc3)c([N+](=O)[O-])c2)c2nc3ccccc3c(C(=O)O)c2C1. The van der Waals surface area contributed by atoms with Crippen LogP contribution in [0, 0.1) is 15.9 Å². The summed E-state index contributed by atoms with van der Waals surface area (Å²) in [6, 6.07) is 16.9. The number of hydrogen-bond acceptors (Lipinski definition) is 6. The predicted molar refractivity (Wildman–Crippen MR) is 137 cm³/mol. The van der Waals surface area contributed by atoms with Gasteiger partial charge in [0.1, 0.15) is 11.6 Å². The van der Waals surface area contributed by atoms with Gasteiger partial charge in [0.25, 0.3) is 0 Å². The van der Waals surface area contributed by atoms with E-state index in [0.29, 0.717) is 47.4 Å². The second-order valence-corrected chi connectivity index (χ2v) is 8.65. The summed E-state index contributed by atoms with van der Waals surface area (Å²) in [5.41, 5.74) is 3.05. The normalized spacial score (nSPS) is 14.5. The number of nitrogens with zero attached hydrogens (tertiary/aromatic N) is 3. The van der Waals surface area contributed by atoms with E-state index in [-0.39, 0.29) is 22.7 Å². The Kier molecular flexibility index (Phi) is 6.37. The van der Waals surface area contributed by atoms with Crippen molar-refractivity contribution in [2.45, 2.75) is 13.5 Å². The fourth-order valence-electron chi connectivity index (χ4n) is 4.53. The molecule has 0 bridgehead atoms. The van der Waals surface area contributed by atoms with E-state index in [1.165, 1.54) is 36.4 Å². The van der Waals surface area contributed by atoms with Crippen LogP contribution in [0.3, 0.4) is 0 Å². The molecule has 0 spiro atoms. The molecule has 0 atom stereocenters. The van der Waals surface area contributed by atoms with Crippen molar-refractivity contribution in [3.05, 3.63) is 105 Å². The van der Waals surface area contributed by atoms with Crippen LogP contribution in [0.2, 0.25) is 0 Å². The van der Waals surface area contributed by atoms with Crippen molar-refractivity contribution in [3.63, 3.8) is 0 Å². The molecule has 0 radical (unpaired) electrons. The van der Waals surface area contributed by atoms with Crippen molar-refractivity contribution in [2.24, 2.45) is 0 Å². The zero-order chi connectivity index (χ0) is 26.1. The molecule has 3 aromatic carbocycles. The third kappa shape index (κ3) is 4.76. The highest BCUT2D eigenvalue weighted by molar-refractivity contribution is 6.06. The Hall–Kier alpha value is -4.63. The lowest BCUT2D eigenvalue weighted by molar-refractivity contribution is -0.385. The summed E-state index contributed by atoms with van der Waals surface area (Å²) >= 11 is 0. The number of fused-ring (bicyclic) bond motifs is 2. The van der Waals surface area contributed by atoms with Crippen LogP contribution in [0.25, 0.3) is 22.6 Å². The molecule has 1 aliphatic heterocycles. The van der Waals surface area contributed by atoms with Gasteiger partial charge in [-0.1, -0.05) is 31.2 Å². The monoisotopic (exact) mass is 499 g/mol. The predicted octanol–water partition coefficient (Wildman–Crippen LogP) is 6.15. The maximum atomic E-state index is 13.2. The highest BCUT2D eigenvalue weighted by atomic mass is 19.1. The number of aromatic nitrogens is 1. The molecular weight excluding hydrogens is 477 g/mol. The summed E-state index contributed by atoms with van der Waals surface area (Å²) in [6.45, 7) is 3.62. The van der Waals surface area contributed by atoms with Gasteiger partial charge in [-0.3, -0.25) is 15.0 Å². The number of rotatable bonds is 6. The van der Waals surface area contributed by atoms with E-state index in [0.717, 1.165) is 5.57 Å². The lowest BCUT2D eigenvalue weighted by Gasteiger charge is -2.30. The molecule has 37 heavy (non-hydrogen) atoms. The summed E-state index contributed by atoms with van der Waals surface area (Å²) in [4.78, 5) is 30.5. The Bertz CT molecular complexity index is 1570. The van der Waals surface area contributed by atoms with Gasteiger partial charge in [0, 0.05) is 30.1 Å². The molecule has 1 aromatic heterocycles. The summed E-state index contributed by atoms with van der Waals surface area (Å²) in [5, 5.41) is 22.5. The number of aromatic carboxylic acids is 1. The van der Waals surface area contributed by atoms with Crippen LogP contribution in [-0.4, -0.2) is 39.0 Å². The van der Waals surface area contributed by atoms with Crippen LogP contribution in [0.15, 0.2) is 66.7 Å². The topological polar surface area (TPSA) is 106 Å². The Balaban J connectivity index is 1.61. The zero-order valence-electron chi connectivity index (χ0n) is 19.8. The smallest absolute Gasteiger partial charge is 0.336 e. The lowest BCUT2D eigenvalue weighted by Crippen LogP contribution is -2.31. The first-order valence-corrected chi connectivity index (χ1v) is 11.6. The molecule has 0 amide bonds. The molecule has 0 unspecified atom stereocenters. The Morgan fingerprint density at radius 1 is 1.16 bits per heavy atom. The number of halogens is 1. The molecule has 9 heteroatoms. The van der Waals surface area contributed by atoms with Gasteiger partial charge < -0.3 is 9.84 Å². The molecule has 0 saturated carbocycles. The van der Waals surface area contributed by atoms with E-state index in [2.05, 4.69) is 4.90 Å². The molecule has 2 heterocycles. The summed E-state index contributed by atoms with van der Waals surface area (Å²) in [7, 11) is 0. The first-order chi connectivity index (χ1) is 17.8. The molecule has 0 saturated heterocycles. The minimum absolute atomic E-state index is 0.0234. The number of likely N-dealkylation sites (N-methyl/N-ethyl adjacent to an activating group) is 1. The summed E-state index contributed by atoms with van der Waals surface area (Å²) < 4.78 is 18.8. The molecule has 4 aromatic rings. The van der Waals surface area contributed by atoms with E-state index in [9.17, 15) is 24.4 Å². The zero-order valence-corrected chi connectivity index (χ0v) is 19.8. The molecule has 186 valence electrons. The fraction of sp³-hybridized carbons (Fsp3) is 0.143. The number of ether oxygens (including phenoxy) is 1. The van der Waals surface area contributed by atoms with Gasteiger partial charge in [-0.15, -0.1) is 0 Å². The van der Waals surface area contributed by atoms with Crippen molar-refractivity contribution in [2.75, 3.05) is 13.1 Å². The van der Waals surface area contributed by atoms with E-state index in [1.54, 1.807) is 36.4 Å². The number of carbonyl (C=O) groups is 1. The number of para-hydroxylation sites is 1. The van der Waals surface area contributed by atoms with Crippen LogP contribution >= 0.6 is 0 Å². The number of benzene rings is 3. The minimum Gasteiger partial charge on any atom is -0.478 e. The highest BCUT2D eigenvalue weighted by Gasteiger charge is 2.28. The first kappa shape index (κ1) is 24.1. The van der Waals surface area contributed by atoms with Gasteiger partial charge in [-0.25, -0.2) is 14.2 Å². The molecule has 0 fully saturated rings. The van der Waals surface area contributed by atoms with E-state index < -0.39 is 16.7 Å². The quantitative estimate of drug-likeness (QED) is 0.251. The first-order valence-electron chi connectivity index (χ1n) is 11.6. The second-order valence-electron chi connectivity index (χ2n) is 8.65. The van der Waals surface area contributed by atoms with Gasteiger partial charge in [0.05, 0.1) is 21.7 Å². The number of nitro groups is 1. The van der Waals surface area contributed by atoms with Crippen LogP contribution in [0.1, 0.15) is 34.1 Å². The van der Waals surface area contributed by atoms with Crippen LogP contribution in [-0.2, 0) is 6.54 Å². The maximum absolute atomic E-state index is 13.2. The summed E-state index contributed by atoms with van der Waals surface area (Å²) in [6.07, 6.45) is 1.79. The average molecular weight is 499 g/mol. The molecule has 5 rings (SSSR count). The molecular formula is C28H22FN3O5. The van der Waals surface area contributed by atoms with Crippen LogP contribution in [0.4, 0.5) is 10.1 Å². The van der Waals surface area contributed by atoms with Gasteiger partial charge in [0.15, 0.2) is 0 Å². The number of carboxylic acids is 1. The van der Waals surface area contributed by atoms with Crippen molar-refractivity contribution in [1.29, 1.82) is 0 Å². The average Bonchev–Trinajstić information content (AvgIpc) is 2.89. The van der Waals surface area contributed by atoms with E-state index >= 15 is 0 Å². The van der Waals surface area contributed by atoms with Gasteiger partial charge >= 0.3 is 11.7 Å².